The third kappa shape index (κ3) is 1.91. The van der Waals surface area contributed by atoms with E-state index < -0.39 is 0 Å². The fourth-order valence-electron chi connectivity index (χ4n) is 1.18. The smallest absolute Gasteiger partial charge is 0.0345 e. The van der Waals surface area contributed by atoms with E-state index in [0.717, 1.165) is 6.54 Å². The van der Waals surface area contributed by atoms with Gasteiger partial charge in [-0.3, -0.25) is 4.42 Å². The first-order valence-electron chi connectivity index (χ1n) is 3.83. The molecule has 0 atom stereocenters. The van der Waals surface area contributed by atoms with Crippen molar-refractivity contribution in [2.45, 2.75) is 26.7 Å². The monoisotopic (exact) mass is 159 g/mol. The molecular weight excluding hydrogens is 146 g/mol. The summed E-state index contributed by atoms with van der Waals surface area (Å²) in [5, 5.41) is 0. The second-order valence-electron chi connectivity index (χ2n) is 3.09. The van der Waals surface area contributed by atoms with Gasteiger partial charge in [0.05, 0.1) is 0 Å². The van der Waals surface area contributed by atoms with E-state index >= 15 is 0 Å². The standard InChI is InChI=1S/C8H14ClN/c1-7(2)8-4-3-5-10(9)6-8/h6-7H,3-5H2,1-2H3. The topological polar surface area (TPSA) is 3.24 Å². The Kier molecular flexibility index (Phi) is 2.61. The average molecular weight is 160 g/mol. The minimum atomic E-state index is 0.654. The zero-order valence-corrected chi connectivity index (χ0v) is 7.36. The molecule has 1 aliphatic rings. The van der Waals surface area contributed by atoms with Gasteiger partial charge < -0.3 is 0 Å². The zero-order valence-electron chi connectivity index (χ0n) is 6.60. The summed E-state index contributed by atoms with van der Waals surface area (Å²) in [5.41, 5.74) is 1.47. The van der Waals surface area contributed by atoms with Crippen LogP contribution in [0.1, 0.15) is 26.7 Å². The van der Waals surface area contributed by atoms with Crippen LogP contribution in [0.2, 0.25) is 0 Å². The minimum absolute atomic E-state index is 0.654. The third-order valence-corrected chi connectivity index (χ3v) is 2.15. The van der Waals surface area contributed by atoms with Crippen LogP contribution in [-0.2, 0) is 0 Å². The Morgan fingerprint density at radius 3 is 2.70 bits per heavy atom. The first kappa shape index (κ1) is 7.93. The number of allylic oxidation sites excluding steroid dienone is 1. The van der Waals surface area contributed by atoms with Crippen LogP contribution in [0.25, 0.3) is 0 Å². The van der Waals surface area contributed by atoms with Crippen LogP contribution in [-0.4, -0.2) is 11.0 Å². The molecule has 0 bridgehead atoms. The van der Waals surface area contributed by atoms with Gasteiger partial charge in [0.15, 0.2) is 0 Å². The van der Waals surface area contributed by atoms with E-state index in [0.29, 0.717) is 5.92 Å². The largest absolute Gasteiger partial charge is 0.293 e. The van der Waals surface area contributed by atoms with Crippen LogP contribution >= 0.6 is 11.8 Å². The molecule has 0 aromatic rings. The summed E-state index contributed by atoms with van der Waals surface area (Å²) in [7, 11) is 0. The maximum atomic E-state index is 5.81. The highest BCUT2D eigenvalue weighted by Crippen LogP contribution is 2.22. The lowest BCUT2D eigenvalue weighted by Gasteiger charge is -2.21. The van der Waals surface area contributed by atoms with Crippen LogP contribution in [0.5, 0.6) is 0 Å². The lowest BCUT2D eigenvalue weighted by molar-refractivity contribution is 0.502. The molecule has 1 rings (SSSR count). The fraction of sp³-hybridized carbons (Fsp3) is 0.750. The first-order chi connectivity index (χ1) is 4.70. The Balaban J connectivity index is 2.57. The summed E-state index contributed by atoms with van der Waals surface area (Å²) in [6.07, 6.45) is 4.49. The molecule has 0 aromatic carbocycles. The lowest BCUT2D eigenvalue weighted by atomic mass is 9.98. The van der Waals surface area contributed by atoms with Crippen LogP contribution in [0.15, 0.2) is 11.8 Å². The van der Waals surface area contributed by atoms with Gasteiger partial charge in [-0.1, -0.05) is 19.4 Å². The van der Waals surface area contributed by atoms with Crippen molar-refractivity contribution in [3.63, 3.8) is 0 Å². The Morgan fingerprint density at radius 1 is 1.60 bits per heavy atom. The van der Waals surface area contributed by atoms with E-state index in [4.69, 9.17) is 11.8 Å². The first-order valence-corrected chi connectivity index (χ1v) is 4.17. The van der Waals surface area contributed by atoms with Crippen LogP contribution in [0.3, 0.4) is 0 Å². The van der Waals surface area contributed by atoms with Crippen molar-refractivity contribution in [2.24, 2.45) is 5.92 Å². The molecule has 0 spiro atoms. The van der Waals surface area contributed by atoms with E-state index in [-0.39, 0.29) is 0 Å². The molecule has 0 saturated heterocycles. The number of halogens is 1. The van der Waals surface area contributed by atoms with Gasteiger partial charge in [0, 0.05) is 24.5 Å². The van der Waals surface area contributed by atoms with Crippen molar-refractivity contribution >= 4 is 11.8 Å². The molecule has 2 heteroatoms. The highest BCUT2D eigenvalue weighted by atomic mass is 35.5. The molecule has 0 unspecified atom stereocenters. The molecule has 0 radical (unpaired) electrons. The van der Waals surface area contributed by atoms with Crippen molar-refractivity contribution in [3.8, 4) is 0 Å². The van der Waals surface area contributed by atoms with Gasteiger partial charge in [-0.25, -0.2) is 0 Å². The van der Waals surface area contributed by atoms with Gasteiger partial charge in [-0.05, 0) is 18.8 Å². The minimum Gasteiger partial charge on any atom is -0.293 e. The summed E-state index contributed by atoms with van der Waals surface area (Å²) < 4.78 is 1.76. The quantitative estimate of drug-likeness (QED) is 0.532. The molecule has 1 nitrogen and oxygen atoms in total. The van der Waals surface area contributed by atoms with E-state index in [2.05, 4.69) is 20.0 Å². The van der Waals surface area contributed by atoms with E-state index in [1.165, 1.54) is 18.4 Å². The molecule has 0 aliphatic carbocycles. The number of rotatable bonds is 1. The van der Waals surface area contributed by atoms with Crippen LogP contribution < -0.4 is 0 Å². The molecule has 0 N–H and O–H groups in total. The molecule has 0 amide bonds. The molecular formula is C8H14ClN. The van der Waals surface area contributed by atoms with Gasteiger partial charge in [-0.15, -0.1) is 0 Å². The summed E-state index contributed by atoms with van der Waals surface area (Å²) >= 11 is 5.81. The summed E-state index contributed by atoms with van der Waals surface area (Å²) in [5.74, 6) is 0.654. The molecule has 0 aromatic heterocycles. The summed E-state index contributed by atoms with van der Waals surface area (Å²) in [4.78, 5) is 0. The molecule has 0 fully saturated rings. The highest BCUT2D eigenvalue weighted by Gasteiger charge is 2.10. The predicted octanol–water partition coefficient (Wildman–Crippen LogP) is 2.78. The van der Waals surface area contributed by atoms with Crippen LogP contribution in [0, 0.1) is 5.92 Å². The van der Waals surface area contributed by atoms with Crippen molar-refractivity contribution < 1.29 is 0 Å². The SMILES string of the molecule is CC(C)C1=CN(Cl)CCC1. The number of nitrogens with zero attached hydrogens (tertiary/aromatic N) is 1. The normalized spacial score (nSPS) is 19.6. The van der Waals surface area contributed by atoms with Gasteiger partial charge >= 0.3 is 0 Å². The fourth-order valence-corrected chi connectivity index (χ4v) is 1.43. The molecule has 0 saturated carbocycles. The van der Waals surface area contributed by atoms with Crippen LogP contribution in [0.4, 0.5) is 0 Å². The van der Waals surface area contributed by atoms with Gasteiger partial charge in [0.1, 0.15) is 0 Å². The Bertz CT molecular complexity index is 140. The number of hydrogen-bond acceptors (Lipinski definition) is 1. The second-order valence-corrected chi connectivity index (χ2v) is 3.52. The Morgan fingerprint density at radius 2 is 2.30 bits per heavy atom. The maximum absolute atomic E-state index is 5.81. The van der Waals surface area contributed by atoms with E-state index in [1.807, 2.05) is 0 Å². The Hall–Kier alpha value is -0.170. The van der Waals surface area contributed by atoms with Gasteiger partial charge in [-0.2, -0.15) is 0 Å². The van der Waals surface area contributed by atoms with Crippen molar-refractivity contribution in [2.75, 3.05) is 6.54 Å². The van der Waals surface area contributed by atoms with Crippen molar-refractivity contribution in [3.05, 3.63) is 11.8 Å². The number of hydrogen-bond donors (Lipinski definition) is 0. The average Bonchev–Trinajstić information content (AvgIpc) is 1.88. The molecule has 1 heterocycles. The summed E-state index contributed by atoms with van der Waals surface area (Å²) in [6, 6.07) is 0. The second kappa shape index (κ2) is 3.29. The lowest BCUT2D eigenvalue weighted by Crippen LogP contribution is -2.14. The highest BCUT2D eigenvalue weighted by molar-refractivity contribution is 6.14. The molecule has 10 heavy (non-hydrogen) atoms. The molecule has 1 aliphatic heterocycles. The Labute approximate surface area is 67.8 Å². The zero-order chi connectivity index (χ0) is 7.56. The van der Waals surface area contributed by atoms with Gasteiger partial charge in [0.2, 0.25) is 0 Å². The van der Waals surface area contributed by atoms with Crippen molar-refractivity contribution in [1.82, 2.24) is 4.42 Å². The summed E-state index contributed by atoms with van der Waals surface area (Å²) in [6.45, 7) is 5.42. The van der Waals surface area contributed by atoms with E-state index in [1.54, 1.807) is 4.42 Å². The molecule has 58 valence electrons. The maximum Gasteiger partial charge on any atom is 0.0345 e. The van der Waals surface area contributed by atoms with Gasteiger partial charge in [0.25, 0.3) is 0 Å². The predicted molar refractivity (Wildman–Crippen MR) is 44.7 cm³/mol. The third-order valence-electron chi connectivity index (χ3n) is 1.88. The van der Waals surface area contributed by atoms with Crippen molar-refractivity contribution in [1.29, 1.82) is 0 Å². The van der Waals surface area contributed by atoms with E-state index in [9.17, 15) is 0 Å².